The Hall–Kier alpha value is -1.17. The maximum atomic E-state index is 14.7. The number of rotatable bonds is 10. The van der Waals surface area contributed by atoms with Crippen LogP contribution in [0.3, 0.4) is 0 Å². The van der Waals surface area contributed by atoms with Gasteiger partial charge in [-0.2, -0.15) is 21.2 Å². The van der Waals surface area contributed by atoms with E-state index in [4.69, 9.17) is 28.2 Å². The molecule has 0 spiro atoms. The SMILES string of the molecule is CC(C)(C)[PH+](CCCS(=O)(=O)O)C(C)(C)C.CC(C)(C)[PH+](CCCS(=O)(=O)O)C(C)(C)C.CC(C)c1nc2cc(F)c(-c3ccc(F)nc3)cc2c2[nH]c(=O)n(C)c12.[Cl][Pd][Cl]. The molecule has 0 aliphatic rings. The number of aryl methyl sites for hydroxylation is 1. The van der Waals surface area contributed by atoms with Crippen LogP contribution in [0.25, 0.3) is 33.1 Å². The van der Waals surface area contributed by atoms with Gasteiger partial charge in [-0.25, -0.2) is 14.2 Å². The van der Waals surface area contributed by atoms with E-state index in [1.807, 2.05) is 13.8 Å². The Morgan fingerprint density at radius 2 is 1.23 bits per heavy atom. The molecular formula is C41H68Cl2F2N4O7P2PdS2+2. The van der Waals surface area contributed by atoms with Gasteiger partial charge < -0.3 is 4.98 Å². The minimum atomic E-state index is -3.79. The van der Waals surface area contributed by atoms with E-state index in [1.54, 1.807) is 13.1 Å². The number of pyridine rings is 2. The molecule has 0 fully saturated rings. The summed E-state index contributed by atoms with van der Waals surface area (Å²) in [6.07, 6.45) is 4.28. The van der Waals surface area contributed by atoms with Crippen LogP contribution in [0.15, 0.2) is 35.3 Å². The topological polar surface area (TPSA) is 172 Å². The van der Waals surface area contributed by atoms with E-state index in [1.165, 1.54) is 29.0 Å². The Morgan fingerprint density at radius 1 is 0.803 bits per heavy atom. The summed E-state index contributed by atoms with van der Waals surface area (Å²) in [5, 5.41) is 1.64. The molecule has 0 saturated carbocycles. The molecule has 0 bridgehead atoms. The number of H-pyrrole nitrogens is 1. The van der Waals surface area contributed by atoms with Crippen molar-refractivity contribution in [3.63, 3.8) is 0 Å². The summed E-state index contributed by atoms with van der Waals surface area (Å²) < 4.78 is 89.4. The number of halogens is 4. The standard InChI is InChI=1S/C19H16F2N4O.2C11H25O3PS.2ClH.Pd/c1-9(2)16-18-17(24-19(26)25(18)3)12-6-11(13(20)7-14(12)23-16)10-4-5-15(21)22-8-10;2*1-10(2,3)15(11(4,5)6)8-7-9-16(12,13)14;;;/h4-9H,1-3H3,(H,24,26);2*7-9H2,1-6H3,(H,12,13,14);2*1H;/q;;;;;+2. The maximum absolute atomic E-state index is 14.7. The summed E-state index contributed by atoms with van der Waals surface area (Å²) in [6, 6.07) is 5.60. The van der Waals surface area contributed by atoms with Crippen molar-refractivity contribution in [2.45, 2.75) is 136 Å². The fourth-order valence-electron chi connectivity index (χ4n) is 7.82. The Balaban J connectivity index is 0.000000467. The third-order valence-corrected chi connectivity index (χ3v) is 20.4. The van der Waals surface area contributed by atoms with E-state index in [2.05, 4.69) is 98.0 Å². The van der Waals surface area contributed by atoms with Gasteiger partial charge in [0, 0.05) is 51.7 Å². The van der Waals surface area contributed by atoms with E-state index in [9.17, 15) is 30.4 Å². The molecule has 352 valence electrons. The van der Waals surface area contributed by atoms with Crippen LogP contribution in [0.4, 0.5) is 8.78 Å². The van der Waals surface area contributed by atoms with Crippen molar-refractivity contribution in [2.24, 2.45) is 7.05 Å². The Morgan fingerprint density at radius 3 is 1.57 bits per heavy atom. The van der Waals surface area contributed by atoms with Gasteiger partial charge in [-0.1, -0.05) is 13.8 Å². The second-order valence-corrected chi connectivity index (χ2v) is 33.8. The number of fused-ring (bicyclic) bond motifs is 3. The number of nitrogens with zero attached hydrogens (tertiary/aromatic N) is 3. The molecular weight excluding hydrogens is 1000 g/mol. The first-order chi connectivity index (χ1) is 27.5. The number of nitrogens with one attached hydrogen (secondary N) is 1. The Labute approximate surface area is 381 Å². The van der Waals surface area contributed by atoms with Gasteiger partial charge in [0.1, 0.15) is 5.82 Å². The van der Waals surface area contributed by atoms with Crippen molar-refractivity contribution in [1.29, 1.82) is 0 Å². The first kappa shape index (κ1) is 57.8. The summed E-state index contributed by atoms with van der Waals surface area (Å²) >= 11 is -0.106. The van der Waals surface area contributed by atoms with E-state index >= 15 is 0 Å². The monoisotopic (exact) mass is 1070 g/mol. The quantitative estimate of drug-likeness (QED) is 0.0605. The van der Waals surface area contributed by atoms with Crippen LogP contribution in [0, 0.1) is 11.8 Å². The number of imidazole rings is 1. The van der Waals surface area contributed by atoms with Crippen molar-refractivity contribution in [3.05, 3.63) is 58.4 Å². The van der Waals surface area contributed by atoms with E-state index < -0.39 is 47.8 Å². The van der Waals surface area contributed by atoms with Gasteiger partial charge in [0.05, 0.1) is 66.7 Å². The van der Waals surface area contributed by atoms with Gasteiger partial charge in [-0.05, 0) is 120 Å². The van der Waals surface area contributed by atoms with Crippen molar-refractivity contribution in [2.75, 3.05) is 23.8 Å². The molecule has 0 aliphatic carbocycles. The zero-order valence-electron chi connectivity index (χ0n) is 38.1. The van der Waals surface area contributed by atoms with Crippen LogP contribution in [-0.2, 0) is 43.2 Å². The third-order valence-electron chi connectivity index (χ3n) is 9.81. The summed E-state index contributed by atoms with van der Waals surface area (Å²) in [4.78, 5) is 23.2. The summed E-state index contributed by atoms with van der Waals surface area (Å²) in [6.45, 7) is 30.6. The molecule has 61 heavy (non-hydrogen) atoms. The second kappa shape index (κ2) is 23.3. The number of aromatic amines is 1. The van der Waals surface area contributed by atoms with Gasteiger partial charge in [0.25, 0.3) is 20.2 Å². The number of hydrogen-bond acceptors (Lipinski definition) is 7. The van der Waals surface area contributed by atoms with E-state index in [-0.39, 0.29) is 65.2 Å². The third kappa shape index (κ3) is 19.5. The number of benzene rings is 1. The molecule has 0 unspecified atom stereocenters. The Kier molecular flexibility index (Phi) is 22.1. The predicted octanol–water partition coefficient (Wildman–Crippen LogP) is 11.4. The molecule has 4 rings (SSSR count). The molecule has 3 aromatic heterocycles. The molecule has 20 heteroatoms. The van der Waals surface area contributed by atoms with Crippen molar-refractivity contribution >= 4 is 77.1 Å². The van der Waals surface area contributed by atoms with E-state index in [0.717, 1.165) is 18.0 Å². The van der Waals surface area contributed by atoms with Crippen LogP contribution in [0.1, 0.15) is 121 Å². The molecule has 4 aromatic rings. The average molecular weight is 1070 g/mol. The average Bonchev–Trinajstić information content (AvgIpc) is 3.36. The number of hydrogen-bond donors (Lipinski definition) is 3. The molecule has 0 radical (unpaired) electrons. The number of aromatic nitrogens is 4. The Bertz CT molecular complexity index is 2230. The van der Waals surface area contributed by atoms with Crippen LogP contribution >= 0.6 is 34.9 Å². The van der Waals surface area contributed by atoms with Gasteiger partial charge in [-0.15, -0.1) is 0 Å². The van der Waals surface area contributed by atoms with Crippen molar-refractivity contribution in [1.82, 2.24) is 19.5 Å². The molecule has 11 nitrogen and oxygen atoms in total. The summed E-state index contributed by atoms with van der Waals surface area (Å²) in [5.41, 5.74) is 2.96. The van der Waals surface area contributed by atoms with Crippen molar-refractivity contribution in [3.8, 4) is 11.1 Å². The van der Waals surface area contributed by atoms with Gasteiger partial charge >= 0.3 is 40.7 Å². The predicted molar refractivity (Wildman–Crippen MR) is 255 cm³/mol. The fourth-order valence-corrected chi connectivity index (χ4v) is 17.9. The van der Waals surface area contributed by atoms with Gasteiger partial charge in [0.15, 0.2) is 0 Å². The van der Waals surface area contributed by atoms with Crippen molar-refractivity contribution < 1.29 is 50.7 Å². The molecule has 0 amide bonds. The zero-order chi connectivity index (χ0) is 47.7. The minimum absolute atomic E-state index is 0.0623. The summed E-state index contributed by atoms with van der Waals surface area (Å²) in [5.74, 6) is -1.26. The van der Waals surface area contributed by atoms with Gasteiger partial charge in [-0.3, -0.25) is 18.7 Å². The van der Waals surface area contributed by atoms with Gasteiger partial charge in [0.2, 0.25) is 5.95 Å². The molecule has 1 aromatic carbocycles. The zero-order valence-corrected chi connectivity index (χ0v) is 44.8. The molecule has 0 atom stereocenters. The first-order valence-corrected chi connectivity index (χ1v) is 30.4. The molecule has 0 aliphatic heterocycles. The second-order valence-electron chi connectivity index (χ2n) is 19.4. The summed E-state index contributed by atoms with van der Waals surface area (Å²) in [7, 11) is 2.37. The molecule has 3 N–H and O–H groups in total. The van der Waals surface area contributed by atoms with Crippen LogP contribution in [0.2, 0.25) is 0 Å². The first-order valence-electron chi connectivity index (χ1n) is 19.8. The van der Waals surface area contributed by atoms with E-state index in [0.29, 0.717) is 40.3 Å². The molecule has 3 heterocycles. The fraction of sp³-hybridized carbons (Fsp3) is 0.634. The van der Waals surface area contributed by atoms with Crippen LogP contribution in [-0.4, -0.2) is 89.9 Å². The van der Waals surface area contributed by atoms with Crippen LogP contribution in [0.5, 0.6) is 0 Å². The molecule has 0 saturated heterocycles. The normalized spacial score (nSPS) is 13.0. The van der Waals surface area contributed by atoms with Crippen LogP contribution < -0.4 is 5.69 Å².